The Hall–Kier alpha value is -2.09. The Kier molecular flexibility index (Phi) is 8.99. The van der Waals surface area contributed by atoms with Gasteiger partial charge in [-0.25, -0.2) is 0 Å². The molecular weight excluding hydrogens is 368 g/mol. The van der Waals surface area contributed by atoms with Gasteiger partial charge >= 0.3 is 5.97 Å². The first-order chi connectivity index (χ1) is 14.7. The van der Waals surface area contributed by atoms with Crippen molar-refractivity contribution in [2.45, 2.75) is 97.3 Å². The molecule has 0 amide bonds. The van der Waals surface area contributed by atoms with Crippen molar-refractivity contribution in [3.63, 3.8) is 0 Å². The maximum absolute atomic E-state index is 12.1. The molecule has 30 heavy (non-hydrogen) atoms. The standard InChI is InChI=1S/C28H38O2/c1-3-5-6-7-8-9-10-11-12-13-16-22-19-20-25-24-18-15-14-17-23(24)21-26(25)28(22)30-27(29)4-2/h14-15,17-20H,3-13,16,21H2,1-2H3. The van der Waals surface area contributed by atoms with Crippen LogP contribution in [-0.4, -0.2) is 5.97 Å². The normalized spacial score (nSPS) is 11.9. The van der Waals surface area contributed by atoms with Crippen LogP contribution in [0.5, 0.6) is 5.75 Å². The summed E-state index contributed by atoms with van der Waals surface area (Å²) in [6.07, 6.45) is 15.6. The monoisotopic (exact) mass is 406 g/mol. The van der Waals surface area contributed by atoms with E-state index in [4.69, 9.17) is 4.74 Å². The minimum atomic E-state index is -0.135. The van der Waals surface area contributed by atoms with E-state index in [2.05, 4.69) is 43.3 Å². The summed E-state index contributed by atoms with van der Waals surface area (Å²) in [5.41, 5.74) is 6.24. The topological polar surface area (TPSA) is 26.3 Å². The predicted octanol–water partition coefficient (Wildman–Crippen LogP) is 8.04. The summed E-state index contributed by atoms with van der Waals surface area (Å²) in [4.78, 5) is 12.1. The van der Waals surface area contributed by atoms with E-state index in [0.717, 1.165) is 25.0 Å². The van der Waals surface area contributed by atoms with Crippen molar-refractivity contribution in [1.82, 2.24) is 0 Å². The van der Waals surface area contributed by atoms with Crippen molar-refractivity contribution in [3.8, 4) is 16.9 Å². The fourth-order valence-corrected chi connectivity index (χ4v) is 4.54. The number of rotatable bonds is 13. The Labute approximate surface area is 183 Å². The van der Waals surface area contributed by atoms with E-state index in [1.165, 1.54) is 85.6 Å². The van der Waals surface area contributed by atoms with Crippen LogP contribution >= 0.6 is 0 Å². The van der Waals surface area contributed by atoms with Gasteiger partial charge < -0.3 is 4.74 Å². The van der Waals surface area contributed by atoms with E-state index in [1.807, 2.05) is 6.92 Å². The third kappa shape index (κ3) is 5.97. The Morgan fingerprint density at radius 1 is 0.800 bits per heavy atom. The summed E-state index contributed by atoms with van der Waals surface area (Å²) in [6.45, 7) is 4.14. The molecule has 0 spiro atoms. The molecule has 0 radical (unpaired) electrons. The van der Waals surface area contributed by atoms with Crippen molar-refractivity contribution >= 4 is 5.97 Å². The molecule has 2 heteroatoms. The zero-order chi connectivity index (χ0) is 21.2. The van der Waals surface area contributed by atoms with Crippen molar-refractivity contribution in [1.29, 1.82) is 0 Å². The summed E-state index contributed by atoms with van der Waals surface area (Å²) in [6, 6.07) is 13.0. The van der Waals surface area contributed by atoms with E-state index in [0.29, 0.717) is 6.42 Å². The van der Waals surface area contributed by atoms with Gasteiger partial charge in [0.2, 0.25) is 0 Å². The average molecular weight is 407 g/mol. The highest BCUT2D eigenvalue weighted by Crippen LogP contribution is 2.43. The molecule has 0 heterocycles. The first-order valence-electron chi connectivity index (χ1n) is 12.2. The van der Waals surface area contributed by atoms with E-state index in [-0.39, 0.29) is 5.97 Å². The molecule has 2 aromatic rings. The maximum atomic E-state index is 12.1. The molecule has 0 atom stereocenters. The van der Waals surface area contributed by atoms with Crippen LogP contribution < -0.4 is 4.74 Å². The summed E-state index contributed by atoms with van der Waals surface area (Å²) < 4.78 is 5.87. The molecule has 0 aromatic heterocycles. The van der Waals surface area contributed by atoms with E-state index >= 15 is 0 Å². The second-order valence-electron chi connectivity index (χ2n) is 8.67. The van der Waals surface area contributed by atoms with Crippen LogP contribution in [-0.2, 0) is 17.6 Å². The van der Waals surface area contributed by atoms with E-state index in [9.17, 15) is 4.79 Å². The Bertz CT molecular complexity index is 821. The van der Waals surface area contributed by atoms with Gasteiger partial charge in [0.25, 0.3) is 0 Å². The molecule has 3 rings (SSSR count). The molecule has 0 bridgehead atoms. The zero-order valence-corrected chi connectivity index (χ0v) is 19.0. The number of hydrogen-bond donors (Lipinski definition) is 0. The molecule has 0 aliphatic heterocycles. The lowest BCUT2D eigenvalue weighted by Crippen LogP contribution is -2.09. The van der Waals surface area contributed by atoms with Crippen LogP contribution in [0.3, 0.4) is 0 Å². The number of hydrogen-bond acceptors (Lipinski definition) is 2. The van der Waals surface area contributed by atoms with Gasteiger partial charge in [0.15, 0.2) is 0 Å². The highest BCUT2D eigenvalue weighted by Gasteiger charge is 2.24. The van der Waals surface area contributed by atoms with Gasteiger partial charge in [-0.3, -0.25) is 4.79 Å². The van der Waals surface area contributed by atoms with Crippen LogP contribution in [0.15, 0.2) is 36.4 Å². The fourth-order valence-electron chi connectivity index (χ4n) is 4.54. The lowest BCUT2D eigenvalue weighted by Gasteiger charge is -2.15. The smallest absolute Gasteiger partial charge is 0.310 e. The van der Waals surface area contributed by atoms with Gasteiger partial charge in [-0.15, -0.1) is 0 Å². The van der Waals surface area contributed by atoms with Crippen molar-refractivity contribution < 1.29 is 9.53 Å². The molecule has 0 N–H and O–H groups in total. The van der Waals surface area contributed by atoms with Crippen molar-refractivity contribution in [3.05, 3.63) is 53.1 Å². The lowest BCUT2D eigenvalue weighted by molar-refractivity contribution is -0.134. The molecule has 1 aliphatic carbocycles. The van der Waals surface area contributed by atoms with E-state index < -0.39 is 0 Å². The summed E-state index contributed by atoms with van der Waals surface area (Å²) in [5.74, 6) is 0.704. The lowest BCUT2D eigenvalue weighted by atomic mass is 9.98. The number of carbonyl (C=O) groups excluding carboxylic acids is 1. The van der Waals surface area contributed by atoms with Gasteiger partial charge in [-0.1, -0.05) is 108 Å². The maximum Gasteiger partial charge on any atom is 0.310 e. The number of ether oxygens (including phenoxy) is 1. The van der Waals surface area contributed by atoms with Gasteiger partial charge in [0.1, 0.15) is 5.75 Å². The predicted molar refractivity (Wildman–Crippen MR) is 126 cm³/mol. The fraction of sp³-hybridized carbons (Fsp3) is 0.536. The minimum Gasteiger partial charge on any atom is -0.426 e. The number of carbonyl (C=O) groups is 1. The first-order valence-corrected chi connectivity index (χ1v) is 12.2. The minimum absolute atomic E-state index is 0.135. The molecule has 2 aromatic carbocycles. The Balaban J connectivity index is 1.55. The highest BCUT2D eigenvalue weighted by atomic mass is 16.5. The second-order valence-corrected chi connectivity index (χ2v) is 8.67. The number of esters is 1. The highest BCUT2D eigenvalue weighted by molar-refractivity contribution is 5.82. The van der Waals surface area contributed by atoms with Crippen LogP contribution in [0.25, 0.3) is 11.1 Å². The summed E-state index contributed by atoms with van der Waals surface area (Å²) in [5, 5.41) is 0. The van der Waals surface area contributed by atoms with Crippen molar-refractivity contribution in [2.75, 3.05) is 0 Å². The third-order valence-corrected chi connectivity index (χ3v) is 6.32. The molecule has 0 fully saturated rings. The Morgan fingerprint density at radius 2 is 1.47 bits per heavy atom. The molecular formula is C28H38O2. The number of fused-ring (bicyclic) bond motifs is 3. The summed E-state index contributed by atoms with van der Waals surface area (Å²) >= 11 is 0. The van der Waals surface area contributed by atoms with E-state index in [1.54, 1.807) is 0 Å². The van der Waals surface area contributed by atoms with Crippen molar-refractivity contribution in [2.24, 2.45) is 0 Å². The molecule has 0 saturated heterocycles. The number of aryl methyl sites for hydroxylation is 1. The van der Waals surface area contributed by atoms with Crippen LogP contribution in [0.1, 0.15) is 101 Å². The molecule has 0 saturated carbocycles. The van der Waals surface area contributed by atoms with Crippen LogP contribution in [0, 0.1) is 0 Å². The number of benzene rings is 2. The second kappa shape index (κ2) is 11.9. The van der Waals surface area contributed by atoms with Gasteiger partial charge in [-0.2, -0.15) is 0 Å². The average Bonchev–Trinajstić information content (AvgIpc) is 3.15. The zero-order valence-electron chi connectivity index (χ0n) is 19.0. The van der Waals surface area contributed by atoms with Gasteiger partial charge in [0, 0.05) is 18.4 Å². The van der Waals surface area contributed by atoms with Gasteiger partial charge in [0.05, 0.1) is 0 Å². The van der Waals surface area contributed by atoms with Crippen LogP contribution in [0.4, 0.5) is 0 Å². The third-order valence-electron chi connectivity index (χ3n) is 6.32. The Morgan fingerprint density at radius 3 is 2.17 bits per heavy atom. The van der Waals surface area contributed by atoms with Crippen LogP contribution in [0.2, 0.25) is 0 Å². The summed E-state index contributed by atoms with van der Waals surface area (Å²) in [7, 11) is 0. The molecule has 162 valence electrons. The van der Waals surface area contributed by atoms with Gasteiger partial charge in [-0.05, 0) is 35.1 Å². The largest absolute Gasteiger partial charge is 0.426 e. The quantitative estimate of drug-likeness (QED) is 0.163. The molecule has 1 aliphatic rings. The molecule has 2 nitrogen and oxygen atoms in total. The SMILES string of the molecule is CCCCCCCCCCCCc1ccc2c(c1OC(=O)CC)Cc1ccccc1-2. The first kappa shape index (κ1) is 22.6. The number of unbranched alkanes of at least 4 members (excludes halogenated alkanes) is 9. The molecule has 0 unspecified atom stereocenters.